The second-order valence-corrected chi connectivity index (χ2v) is 5.76. The van der Waals surface area contributed by atoms with Crippen LogP contribution in [0.2, 0.25) is 0 Å². The normalized spacial score (nSPS) is 18.4. The van der Waals surface area contributed by atoms with E-state index in [0.717, 1.165) is 25.1 Å². The molecule has 1 aliphatic rings. The van der Waals surface area contributed by atoms with E-state index in [1.807, 2.05) is 0 Å². The third kappa shape index (κ3) is 2.29. The van der Waals surface area contributed by atoms with E-state index in [4.69, 9.17) is 5.73 Å². The van der Waals surface area contributed by atoms with Crippen LogP contribution in [0.4, 0.5) is 0 Å². The van der Waals surface area contributed by atoms with Crippen LogP contribution in [-0.4, -0.2) is 26.5 Å². The lowest BCUT2D eigenvalue weighted by atomic mass is 9.72. The molecule has 0 radical (unpaired) electrons. The fourth-order valence-corrected chi connectivity index (χ4v) is 3.18. The van der Waals surface area contributed by atoms with Crippen LogP contribution in [0, 0.1) is 5.41 Å². The molecule has 5 N–H and O–H groups in total. The number of fused-ring (bicyclic) bond motifs is 1. The van der Waals surface area contributed by atoms with Gasteiger partial charge in [0.25, 0.3) is 5.56 Å². The number of nitrogens with two attached hydrogens (primary N) is 1. The highest BCUT2D eigenvalue weighted by molar-refractivity contribution is 5.68. The zero-order valence-electron chi connectivity index (χ0n) is 11.3. The maximum Gasteiger partial charge on any atom is 0.327 e. The molecule has 0 saturated heterocycles. The predicted molar refractivity (Wildman–Crippen MR) is 75.6 cm³/mol. The first kappa shape index (κ1) is 13.1. The van der Waals surface area contributed by atoms with Crippen molar-refractivity contribution >= 4 is 11.2 Å². The van der Waals surface area contributed by atoms with Crippen molar-refractivity contribution in [3.8, 4) is 0 Å². The lowest BCUT2D eigenvalue weighted by molar-refractivity contribution is 0.194. The van der Waals surface area contributed by atoms with E-state index in [2.05, 4.69) is 19.9 Å². The van der Waals surface area contributed by atoms with Crippen LogP contribution < -0.4 is 17.0 Å². The summed E-state index contributed by atoms with van der Waals surface area (Å²) >= 11 is 0. The first-order valence-electron chi connectivity index (χ1n) is 7.03. The molecule has 0 unspecified atom stereocenters. The molecule has 1 aliphatic carbocycles. The van der Waals surface area contributed by atoms with Crippen molar-refractivity contribution in [1.82, 2.24) is 19.9 Å². The van der Waals surface area contributed by atoms with Crippen LogP contribution in [-0.2, 0) is 6.42 Å². The molecule has 3 rings (SSSR count). The van der Waals surface area contributed by atoms with Crippen LogP contribution in [0.25, 0.3) is 11.2 Å². The average molecular weight is 277 g/mol. The van der Waals surface area contributed by atoms with Gasteiger partial charge in [-0.3, -0.25) is 14.8 Å². The number of nitrogens with zero attached hydrogens (tertiary/aromatic N) is 1. The lowest BCUT2D eigenvalue weighted by Crippen LogP contribution is -2.35. The van der Waals surface area contributed by atoms with Crippen LogP contribution in [0.15, 0.2) is 9.59 Å². The SMILES string of the molecule is NCC1(Cc2nc3[nH]c(=O)[nH]c(=O)c3[nH]2)CCCCC1. The van der Waals surface area contributed by atoms with Gasteiger partial charge in [0.2, 0.25) is 0 Å². The summed E-state index contributed by atoms with van der Waals surface area (Å²) in [6, 6.07) is 0. The van der Waals surface area contributed by atoms with E-state index >= 15 is 0 Å². The highest BCUT2D eigenvalue weighted by Crippen LogP contribution is 2.37. The van der Waals surface area contributed by atoms with Gasteiger partial charge in [-0.05, 0) is 24.8 Å². The molecule has 20 heavy (non-hydrogen) atoms. The number of rotatable bonds is 3. The number of nitrogens with one attached hydrogen (secondary N) is 3. The summed E-state index contributed by atoms with van der Waals surface area (Å²) in [5, 5.41) is 0. The molecule has 0 amide bonds. The van der Waals surface area contributed by atoms with Crippen molar-refractivity contribution in [2.45, 2.75) is 38.5 Å². The molecule has 108 valence electrons. The van der Waals surface area contributed by atoms with E-state index < -0.39 is 11.2 Å². The Morgan fingerprint density at radius 3 is 2.55 bits per heavy atom. The van der Waals surface area contributed by atoms with Crippen LogP contribution in [0.5, 0.6) is 0 Å². The molecular weight excluding hydrogens is 258 g/mol. The fourth-order valence-electron chi connectivity index (χ4n) is 3.18. The second-order valence-electron chi connectivity index (χ2n) is 5.76. The van der Waals surface area contributed by atoms with Crippen LogP contribution in [0.1, 0.15) is 37.9 Å². The third-order valence-electron chi connectivity index (χ3n) is 4.33. The minimum Gasteiger partial charge on any atom is -0.336 e. The maximum absolute atomic E-state index is 11.7. The number of hydrogen-bond acceptors (Lipinski definition) is 4. The van der Waals surface area contributed by atoms with Gasteiger partial charge in [-0.1, -0.05) is 19.3 Å². The Bertz CT molecular complexity index is 720. The number of hydrogen-bond donors (Lipinski definition) is 4. The third-order valence-corrected chi connectivity index (χ3v) is 4.33. The van der Waals surface area contributed by atoms with E-state index in [9.17, 15) is 9.59 Å². The van der Waals surface area contributed by atoms with Crippen molar-refractivity contribution in [3.63, 3.8) is 0 Å². The number of aromatic amines is 3. The topological polar surface area (TPSA) is 120 Å². The summed E-state index contributed by atoms with van der Waals surface area (Å²) in [7, 11) is 0. The quantitative estimate of drug-likeness (QED) is 0.648. The van der Waals surface area contributed by atoms with E-state index in [0.29, 0.717) is 17.7 Å². The molecule has 1 saturated carbocycles. The molecule has 7 nitrogen and oxygen atoms in total. The first-order valence-corrected chi connectivity index (χ1v) is 7.03. The Hall–Kier alpha value is -1.89. The maximum atomic E-state index is 11.7. The molecule has 7 heteroatoms. The van der Waals surface area contributed by atoms with Gasteiger partial charge in [0.1, 0.15) is 11.3 Å². The number of imidazole rings is 1. The van der Waals surface area contributed by atoms with Crippen molar-refractivity contribution in [3.05, 3.63) is 26.7 Å². The van der Waals surface area contributed by atoms with Crippen molar-refractivity contribution < 1.29 is 0 Å². The van der Waals surface area contributed by atoms with Gasteiger partial charge in [-0.15, -0.1) is 0 Å². The minimum atomic E-state index is -0.535. The summed E-state index contributed by atoms with van der Waals surface area (Å²) in [5.74, 6) is 0.722. The molecule has 0 aliphatic heterocycles. The number of aromatic nitrogens is 4. The van der Waals surface area contributed by atoms with E-state index in [-0.39, 0.29) is 5.41 Å². The lowest BCUT2D eigenvalue weighted by Gasteiger charge is -2.35. The van der Waals surface area contributed by atoms with Crippen LogP contribution in [0.3, 0.4) is 0 Å². The molecule has 0 spiro atoms. The Labute approximate surface area is 115 Å². The molecular formula is C13H19N5O2. The van der Waals surface area contributed by atoms with Crippen LogP contribution >= 0.6 is 0 Å². The van der Waals surface area contributed by atoms with Gasteiger partial charge in [-0.25, -0.2) is 9.78 Å². The van der Waals surface area contributed by atoms with E-state index in [1.54, 1.807) is 0 Å². The van der Waals surface area contributed by atoms with Crippen molar-refractivity contribution in [2.24, 2.45) is 11.1 Å². The van der Waals surface area contributed by atoms with Crippen molar-refractivity contribution in [1.29, 1.82) is 0 Å². The monoisotopic (exact) mass is 277 g/mol. The van der Waals surface area contributed by atoms with Gasteiger partial charge in [0.15, 0.2) is 5.65 Å². The highest BCUT2D eigenvalue weighted by atomic mass is 16.2. The summed E-state index contributed by atoms with van der Waals surface area (Å²) in [6.07, 6.45) is 6.54. The summed E-state index contributed by atoms with van der Waals surface area (Å²) in [4.78, 5) is 35.0. The Morgan fingerprint density at radius 2 is 1.85 bits per heavy atom. The molecule has 2 aromatic heterocycles. The van der Waals surface area contributed by atoms with Gasteiger partial charge in [0, 0.05) is 6.42 Å². The van der Waals surface area contributed by atoms with Crippen molar-refractivity contribution in [2.75, 3.05) is 6.54 Å². The molecule has 0 atom stereocenters. The first-order chi connectivity index (χ1) is 9.62. The highest BCUT2D eigenvalue weighted by Gasteiger charge is 2.32. The summed E-state index contributed by atoms with van der Waals surface area (Å²) in [6.45, 7) is 0.622. The summed E-state index contributed by atoms with van der Waals surface area (Å²) < 4.78 is 0. The van der Waals surface area contributed by atoms with E-state index in [1.165, 1.54) is 19.3 Å². The Kier molecular flexibility index (Phi) is 3.21. The van der Waals surface area contributed by atoms with Gasteiger partial charge < -0.3 is 10.7 Å². The fraction of sp³-hybridized carbons (Fsp3) is 0.615. The molecule has 0 aromatic carbocycles. The summed E-state index contributed by atoms with van der Waals surface area (Å²) in [5.41, 5.74) is 5.70. The smallest absolute Gasteiger partial charge is 0.327 e. The largest absolute Gasteiger partial charge is 0.336 e. The zero-order valence-corrected chi connectivity index (χ0v) is 11.3. The Balaban J connectivity index is 1.96. The van der Waals surface area contributed by atoms with Gasteiger partial charge in [-0.2, -0.15) is 0 Å². The molecule has 2 aromatic rings. The standard InChI is InChI=1S/C13H19N5O2/c14-7-13(4-2-1-3-5-13)6-8-15-9-10(16-8)17-12(20)18-11(9)19/h1-7,14H2,(H3,15,16,17,18,19,20). The second kappa shape index (κ2) is 4.90. The predicted octanol–water partition coefficient (Wildman–Crippen LogP) is 0.391. The Morgan fingerprint density at radius 1 is 1.10 bits per heavy atom. The molecule has 1 fully saturated rings. The van der Waals surface area contributed by atoms with Gasteiger partial charge in [0.05, 0.1) is 0 Å². The minimum absolute atomic E-state index is 0.0686. The molecule has 0 bridgehead atoms. The zero-order chi connectivity index (χ0) is 14.2. The average Bonchev–Trinajstić information content (AvgIpc) is 2.82. The van der Waals surface area contributed by atoms with Gasteiger partial charge >= 0.3 is 5.69 Å². The molecule has 2 heterocycles. The number of H-pyrrole nitrogens is 3.